The molecular formula is C10H12IO4S. The van der Waals surface area contributed by atoms with Crippen LogP contribution in [0.5, 0.6) is 5.75 Å². The smallest absolute Gasteiger partial charge is 0.188 e. The Morgan fingerprint density at radius 3 is 2.69 bits per heavy atom. The van der Waals surface area contributed by atoms with Crippen LogP contribution in [0.4, 0.5) is 0 Å². The Morgan fingerprint density at radius 1 is 1.44 bits per heavy atom. The van der Waals surface area contributed by atoms with Gasteiger partial charge in [-0.3, -0.25) is 0 Å². The van der Waals surface area contributed by atoms with Gasteiger partial charge in [0.2, 0.25) is 0 Å². The fourth-order valence-electron chi connectivity index (χ4n) is 1.07. The molecule has 0 N–H and O–H groups in total. The molecule has 6 heteroatoms. The molecule has 4 nitrogen and oxygen atoms in total. The summed E-state index contributed by atoms with van der Waals surface area (Å²) in [5.41, 5.74) is 0.592. The van der Waals surface area contributed by atoms with Crippen molar-refractivity contribution in [2.24, 2.45) is 0 Å². The van der Waals surface area contributed by atoms with Crippen molar-refractivity contribution in [3.8, 4) is 5.75 Å². The van der Waals surface area contributed by atoms with E-state index in [9.17, 15) is 8.42 Å². The van der Waals surface area contributed by atoms with Crippen LogP contribution in [-0.2, 0) is 14.6 Å². The highest BCUT2D eigenvalue weighted by atomic mass is 127. The summed E-state index contributed by atoms with van der Waals surface area (Å²) < 4.78 is 33.2. The Bertz CT molecular complexity index is 456. The molecular weight excluding hydrogens is 343 g/mol. The molecule has 1 aromatic carbocycles. The van der Waals surface area contributed by atoms with Crippen LogP contribution in [0.15, 0.2) is 18.2 Å². The van der Waals surface area contributed by atoms with Crippen molar-refractivity contribution in [3.63, 3.8) is 0 Å². The van der Waals surface area contributed by atoms with Gasteiger partial charge in [-0.15, -0.1) is 0 Å². The predicted molar refractivity (Wildman–Crippen MR) is 69.9 cm³/mol. The van der Waals surface area contributed by atoms with E-state index < -0.39 is 9.84 Å². The first-order chi connectivity index (χ1) is 7.42. The SMILES string of the molecule is COCOc1cc([CH]S(C)(=O)=O)ccc1I. The number of halogens is 1. The van der Waals surface area contributed by atoms with Gasteiger partial charge < -0.3 is 9.47 Å². The van der Waals surface area contributed by atoms with Crippen molar-refractivity contribution in [1.82, 2.24) is 0 Å². The summed E-state index contributed by atoms with van der Waals surface area (Å²) >= 11 is 2.11. The second kappa shape index (κ2) is 5.83. The van der Waals surface area contributed by atoms with Gasteiger partial charge in [0.15, 0.2) is 16.6 Å². The number of benzene rings is 1. The zero-order valence-electron chi connectivity index (χ0n) is 8.94. The van der Waals surface area contributed by atoms with Gasteiger partial charge in [0.05, 0.1) is 3.57 Å². The van der Waals surface area contributed by atoms with E-state index in [4.69, 9.17) is 9.47 Å². The number of methoxy groups -OCH3 is 1. The summed E-state index contributed by atoms with van der Waals surface area (Å²) in [5.74, 6) is 1.81. The number of hydrogen-bond acceptors (Lipinski definition) is 4. The molecule has 0 saturated heterocycles. The van der Waals surface area contributed by atoms with Gasteiger partial charge in [-0.2, -0.15) is 0 Å². The maximum Gasteiger partial charge on any atom is 0.188 e. The molecule has 16 heavy (non-hydrogen) atoms. The van der Waals surface area contributed by atoms with Crippen LogP contribution in [0.1, 0.15) is 5.56 Å². The third-order valence-electron chi connectivity index (χ3n) is 1.64. The number of sulfone groups is 1. The molecule has 0 heterocycles. The van der Waals surface area contributed by atoms with Crippen molar-refractivity contribution in [2.75, 3.05) is 20.2 Å². The Morgan fingerprint density at radius 2 is 2.12 bits per heavy atom. The van der Waals surface area contributed by atoms with Crippen molar-refractivity contribution >= 4 is 32.4 Å². The topological polar surface area (TPSA) is 52.6 Å². The van der Waals surface area contributed by atoms with Crippen LogP contribution in [0, 0.1) is 9.32 Å². The average molecular weight is 355 g/mol. The molecule has 0 unspecified atom stereocenters. The first kappa shape index (κ1) is 13.7. The van der Waals surface area contributed by atoms with E-state index in [1.165, 1.54) is 12.9 Å². The summed E-state index contributed by atoms with van der Waals surface area (Å²) in [6.45, 7) is 0.137. The first-order valence-corrected chi connectivity index (χ1v) is 7.42. The predicted octanol–water partition coefficient (Wildman–Crippen LogP) is 1.83. The highest BCUT2D eigenvalue weighted by molar-refractivity contribution is 14.1. The van der Waals surface area contributed by atoms with Crippen LogP contribution in [0.25, 0.3) is 0 Å². The molecule has 0 bridgehead atoms. The second-order valence-corrected chi connectivity index (χ2v) is 6.25. The minimum Gasteiger partial charge on any atom is -0.466 e. The highest BCUT2D eigenvalue weighted by Crippen LogP contribution is 2.23. The first-order valence-electron chi connectivity index (χ1n) is 4.38. The monoisotopic (exact) mass is 355 g/mol. The summed E-state index contributed by atoms with van der Waals surface area (Å²) in [7, 11) is -1.61. The van der Waals surface area contributed by atoms with Gasteiger partial charge >= 0.3 is 0 Å². The van der Waals surface area contributed by atoms with Crippen molar-refractivity contribution in [2.45, 2.75) is 0 Å². The number of hydrogen-bond donors (Lipinski definition) is 0. The molecule has 0 fully saturated rings. The molecule has 1 radical (unpaired) electrons. The van der Waals surface area contributed by atoms with Gasteiger partial charge in [-0.1, -0.05) is 6.07 Å². The van der Waals surface area contributed by atoms with E-state index in [2.05, 4.69) is 22.6 Å². The molecule has 0 aliphatic rings. The fourth-order valence-corrected chi connectivity index (χ4v) is 2.21. The lowest BCUT2D eigenvalue weighted by atomic mass is 10.2. The Balaban J connectivity index is 2.89. The lowest BCUT2D eigenvalue weighted by Gasteiger charge is -2.08. The third-order valence-corrected chi connectivity index (χ3v) is 3.23. The van der Waals surface area contributed by atoms with E-state index in [1.54, 1.807) is 18.2 Å². The van der Waals surface area contributed by atoms with E-state index in [0.717, 1.165) is 9.83 Å². The van der Waals surface area contributed by atoms with E-state index in [-0.39, 0.29) is 6.79 Å². The zero-order chi connectivity index (χ0) is 12.2. The quantitative estimate of drug-likeness (QED) is 0.597. The van der Waals surface area contributed by atoms with Crippen molar-refractivity contribution < 1.29 is 17.9 Å². The lowest BCUT2D eigenvalue weighted by molar-refractivity contribution is 0.0505. The van der Waals surface area contributed by atoms with Gasteiger partial charge in [0, 0.05) is 13.4 Å². The average Bonchev–Trinajstić information content (AvgIpc) is 2.17. The molecule has 0 aromatic heterocycles. The van der Waals surface area contributed by atoms with Gasteiger partial charge in [-0.25, -0.2) is 8.42 Å². The molecule has 1 rings (SSSR count). The van der Waals surface area contributed by atoms with Crippen molar-refractivity contribution in [3.05, 3.63) is 33.1 Å². The normalized spacial score (nSPS) is 11.4. The summed E-state index contributed by atoms with van der Waals surface area (Å²) in [6, 6.07) is 5.19. The van der Waals surface area contributed by atoms with Crippen LogP contribution >= 0.6 is 22.6 Å². The van der Waals surface area contributed by atoms with Gasteiger partial charge in [0.1, 0.15) is 11.5 Å². The van der Waals surface area contributed by atoms with Crippen LogP contribution in [0.3, 0.4) is 0 Å². The molecule has 0 atom stereocenters. The van der Waals surface area contributed by atoms with E-state index in [1.807, 2.05) is 0 Å². The Hall–Kier alpha value is -0.340. The van der Waals surface area contributed by atoms with Gasteiger partial charge in [0.25, 0.3) is 0 Å². The molecule has 0 amide bonds. The number of ether oxygens (including phenoxy) is 2. The summed E-state index contributed by atoms with van der Waals surface area (Å²) in [6.07, 6.45) is 1.15. The van der Waals surface area contributed by atoms with Crippen molar-refractivity contribution in [1.29, 1.82) is 0 Å². The Kier molecular flexibility index (Phi) is 5.00. The highest BCUT2D eigenvalue weighted by Gasteiger charge is 2.08. The minimum absolute atomic E-state index is 0.137. The summed E-state index contributed by atoms with van der Waals surface area (Å²) in [5, 5.41) is 0. The summed E-state index contributed by atoms with van der Waals surface area (Å²) in [4.78, 5) is 0. The van der Waals surface area contributed by atoms with Crippen LogP contribution in [0.2, 0.25) is 0 Å². The second-order valence-electron chi connectivity index (χ2n) is 3.19. The maximum atomic E-state index is 11.1. The Labute approximate surface area is 109 Å². The molecule has 0 aliphatic carbocycles. The molecule has 89 valence electrons. The van der Waals surface area contributed by atoms with Crippen LogP contribution < -0.4 is 4.74 Å². The fraction of sp³-hybridized carbons (Fsp3) is 0.300. The minimum atomic E-state index is -3.14. The lowest BCUT2D eigenvalue weighted by Crippen LogP contribution is -2.02. The standard InChI is InChI=1S/C10H12IO4S/c1-14-7-15-10-5-8(3-4-9(10)11)6-16(2,12)13/h3-6H,7H2,1-2H3. The van der Waals surface area contributed by atoms with E-state index in [0.29, 0.717) is 11.3 Å². The van der Waals surface area contributed by atoms with Crippen LogP contribution in [-0.4, -0.2) is 28.6 Å². The molecule has 1 aromatic rings. The zero-order valence-corrected chi connectivity index (χ0v) is 11.9. The maximum absolute atomic E-state index is 11.1. The molecule has 0 spiro atoms. The molecule has 0 aliphatic heterocycles. The molecule has 0 saturated carbocycles. The number of rotatable bonds is 5. The largest absolute Gasteiger partial charge is 0.466 e. The van der Waals surface area contributed by atoms with E-state index >= 15 is 0 Å². The third kappa shape index (κ3) is 4.67. The van der Waals surface area contributed by atoms with Gasteiger partial charge in [-0.05, 0) is 40.3 Å².